The maximum atomic E-state index is 12.7. The number of halogens is 4. The van der Waals surface area contributed by atoms with E-state index in [-0.39, 0.29) is 30.5 Å². The standard InChI is InChI=1S/C20H24F3N5.HI/c1-5-24-19(26-13-18-14(2)27-28(4)15(18)3)25-11-7-9-16-8-6-10-17(12-16)20(21,22)23;/h6,8,10,12H,5,11,13H2,1-4H3,(H2,24,25,26);1H. The Morgan fingerprint density at radius 2 is 1.97 bits per heavy atom. The molecule has 0 atom stereocenters. The van der Waals surface area contributed by atoms with Crippen LogP contribution in [0.15, 0.2) is 29.3 Å². The fourth-order valence-corrected chi connectivity index (χ4v) is 2.59. The summed E-state index contributed by atoms with van der Waals surface area (Å²) in [5.41, 5.74) is 2.67. The van der Waals surface area contributed by atoms with Crippen LogP contribution in [0.25, 0.3) is 0 Å². The summed E-state index contributed by atoms with van der Waals surface area (Å²) in [4.78, 5) is 4.53. The number of hydrogen-bond acceptors (Lipinski definition) is 2. The summed E-state index contributed by atoms with van der Waals surface area (Å²) < 4.78 is 40.0. The number of aryl methyl sites for hydroxylation is 2. The molecule has 0 saturated heterocycles. The number of rotatable bonds is 4. The molecule has 0 bridgehead atoms. The van der Waals surface area contributed by atoms with Gasteiger partial charge in [-0.3, -0.25) is 4.68 Å². The molecular formula is C20H25F3IN5. The highest BCUT2D eigenvalue weighted by molar-refractivity contribution is 14.0. The quantitative estimate of drug-likeness (QED) is 0.280. The van der Waals surface area contributed by atoms with Crippen molar-refractivity contribution in [1.29, 1.82) is 0 Å². The van der Waals surface area contributed by atoms with Gasteiger partial charge in [-0.05, 0) is 39.0 Å². The van der Waals surface area contributed by atoms with Crippen LogP contribution in [0, 0.1) is 25.7 Å². The molecule has 5 nitrogen and oxygen atoms in total. The van der Waals surface area contributed by atoms with E-state index >= 15 is 0 Å². The van der Waals surface area contributed by atoms with Gasteiger partial charge in [0, 0.05) is 30.4 Å². The van der Waals surface area contributed by atoms with Gasteiger partial charge >= 0.3 is 6.18 Å². The number of nitrogens with one attached hydrogen (secondary N) is 2. The minimum Gasteiger partial charge on any atom is -0.357 e. The molecule has 0 unspecified atom stereocenters. The first-order chi connectivity index (χ1) is 13.2. The zero-order valence-electron chi connectivity index (χ0n) is 16.8. The molecule has 0 aliphatic rings. The van der Waals surface area contributed by atoms with Gasteiger partial charge in [0.25, 0.3) is 0 Å². The van der Waals surface area contributed by atoms with Crippen molar-refractivity contribution in [3.63, 3.8) is 0 Å². The molecule has 2 aromatic rings. The van der Waals surface area contributed by atoms with Crippen molar-refractivity contribution in [2.75, 3.05) is 13.1 Å². The third kappa shape index (κ3) is 7.27. The molecular weight excluding hydrogens is 494 g/mol. The molecule has 1 heterocycles. The van der Waals surface area contributed by atoms with Crippen LogP contribution in [0.1, 0.15) is 35.0 Å². The Kier molecular flexibility index (Phi) is 9.49. The highest BCUT2D eigenvalue weighted by Crippen LogP contribution is 2.29. The lowest BCUT2D eigenvalue weighted by molar-refractivity contribution is -0.137. The maximum Gasteiger partial charge on any atom is 0.416 e. The average molecular weight is 519 g/mol. The largest absolute Gasteiger partial charge is 0.416 e. The first-order valence-electron chi connectivity index (χ1n) is 8.89. The normalized spacial score (nSPS) is 11.3. The molecule has 0 aliphatic carbocycles. The van der Waals surface area contributed by atoms with Gasteiger partial charge in [-0.15, -0.1) is 24.0 Å². The van der Waals surface area contributed by atoms with Crippen molar-refractivity contribution < 1.29 is 13.2 Å². The number of benzene rings is 1. The molecule has 1 aromatic heterocycles. The third-order valence-electron chi connectivity index (χ3n) is 4.17. The summed E-state index contributed by atoms with van der Waals surface area (Å²) in [5.74, 6) is 6.16. The van der Waals surface area contributed by atoms with E-state index in [9.17, 15) is 13.2 Å². The Labute approximate surface area is 186 Å². The van der Waals surface area contributed by atoms with Crippen molar-refractivity contribution in [3.8, 4) is 11.8 Å². The predicted octanol–water partition coefficient (Wildman–Crippen LogP) is 3.78. The first-order valence-corrected chi connectivity index (χ1v) is 8.89. The van der Waals surface area contributed by atoms with E-state index < -0.39 is 11.7 Å². The van der Waals surface area contributed by atoms with Gasteiger partial charge in [0.2, 0.25) is 0 Å². The number of alkyl halides is 3. The smallest absolute Gasteiger partial charge is 0.357 e. The minimum atomic E-state index is -4.37. The fraction of sp³-hybridized carbons (Fsp3) is 0.400. The zero-order chi connectivity index (χ0) is 20.7. The molecule has 9 heteroatoms. The predicted molar refractivity (Wildman–Crippen MR) is 119 cm³/mol. The molecule has 0 amide bonds. The van der Waals surface area contributed by atoms with Gasteiger partial charge in [-0.25, -0.2) is 4.99 Å². The lowest BCUT2D eigenvalue weighted by Gasteiger charge is -2.09. The van der Waals surface area contributed by atoms with Crippen LogP contribution in [-0.2, 0) is 19.8 Å². The fourth-order valence-electron chi connectivity index (χ4n) is 2.59. The summed E-state index contributed by atoms with van der Waals surface area (Å²) in [7, 11) is 1.89. The highest BCUT2D eigenvalue weighted by atomic mass is 127. The Morgan fingerprint density at radius 3 is 2.55 bits per heavy atom. The second-order valence-electron chi connectivity index (χ2n) is 6.20. The number of aliphatic imine (C=N–C) groups is 1. The van der Waals surface area contributed by atoms with Gasteiger partial charge in [0.1, 0.15) is 0 Å². The van der Waals surface area contributed by atoms with Crippen LogP contribution in [0.5, 0.6) is 0 Å². The minimum absolute atomic E-state index is 0. The molecule has 0 spiro atoms. The molecule has 0 fully saturated rings. The van der Waals surface area contributed by atoms with Crippen molar-refractivity contribution >= 4 is 29.9 Å². The summed E-state index contributed by atoms with van der Waals surface area (Å²) in [6.07, 6.45) is -4.37. The number of aromatic nitrogens is 2. The Morgan fingerprint density at radius 1 is 1.24 bits per heavy atom. The molecule has 29 heavy (non-hydrogen) atoms. The highest BCUT2D eigenvalue weighted by Gasteiger charge is 2.30. The van der Waals surface area contributed by atoms with Gasteiger partial charge in [-0.2, -0.15) is 18.3 Å². The topological polar surface area (TPSA) is 54.2 Å². The van der Waals surface area contributed by atoms with Gasteiger partial charge in [0.15, 0.2) is 5.96 Å². The van der Waals surface area contributed by atoms with Crippen LogP contribution in [0.2, 0.25) is 0 Å². The van der Waals surface area contributed by atoms with Crippen LogP contribution in [0.3, 0.4) is 0 Å². The van der Waals surface area contributed by atoms with E-state index in [0.717, 1.165) is 29.1 Å². The van der Waals surface area contributed by atoms with Crippen molar-refractivity contribution in [3.05, 3.63) is 52.3 Å². The van der Waals surface area contributed by atoms with Crippen LogP contribution in [0.4, 0.5) is 13.2 Å². The van der Waals surface area contributed by atoms with Crippen molar-refractivity contribution in [1.82, 2.24) is 20.4 Å². The lowest BCUT2D eigenvalue weighted by Crippen LogP contribution is -2.37. The van der Waals surface area contributed by atoms with Gasteiger partial charge in [0.05, 0.1) is 24.3 Å². The lowest BCUT2D eigenvalue weighted by atomic mass is 10.1. The molecule has 0 radical (unpaired) electrons. The van der Waals surface area contributed by atoms with Crippen LogP contribution >= 0.6 is 24.0 Å². The molecule has 0 saturated carbocycles. The monoisotopic (exact) mass is 519 g/mol. The Bertz CT molecular complexity index is 907. The van der Waals surface area contributed by atoms with Gasteiger partial charge in [-0.1, -0.05) is 17.9 Å². The molecule has 2 rings (SSSR count). The first kappa shape index (κ1) is 24.8. The van der Waals surface area contributed by atoms with E-state index in [2.05, 4.69) is 32.6 Å². The zero-order valence-corrected chi connectivity index (χ0v) is 19.1. The van der Waals surface area contributed by atoms with Crippen molar-refractivity contribution in [2.24, 2.45) is 12.0 Å². The SMILES string of the molecule is CCNC(=NCc1c(C)nn(C)c1C)NCC#Cc1cccc(C(F)(F)F)c1.I. The van der Waals surface area contributed by atoms with Crippen LogP contribution < -0.4 is 10.6 Å². The number of guanidine groups is 1. The van der Waals surface area contributed by atoms with Gasteiger partial charge < -0.3 is 10.6 Å². The molecule has 0 aliphatic heterocycles. The van der Waals surface area contributed by atoms with E-state index in [4.69, 9.17) is 0 Å². The number of hydrogen-bond donors (Lipinski definition) is 2. The maximum absolute atomic E-state index is 12.7. The Hall–Kier alpha value is -2.22. The number of nitrogens with zero attached hydrogens (tertiary/aromatic N) is 3. The summed E-state index contributed by atoms with van der Waals surface area (Å²) in [6.45, 7) is 7.30. The molecule has 2 N–H and O–H groups in total. The van der Waals surface area contributed by atoms with Crippen LogP contribution in [-0.4, -0.2) is 28.8 Å². The van der Waals surface area contributed by atoms with E-state index in [1.165, 1.54) is 6.07 Å². The second kappa shape index (κ2) is 11.1. The second-order valence-corrected chi connectivity index (χ2v) is 6.20. The van der Waals surface area contributed by atoms with E-state index in [1.807, 2.05) is 32.5 Å². The van der Waals surface area contributed by atoms with E-state index in [0.29, 0.717) is 24.6 Å². The van der Waals surface area contributed by atoms with Crippen molar-refractivity contribution in [2.45, 2.75) is 33.5 Å². The third-order valence-corrected chi connectivity index (χ3v) is 4.17. The summed E-state index contributed by atoms with van der Waals surface area (Å²) >= 11 is 0. The average Bonchev–Trinajstić information content (AvgIpc) is 2.88. The summed E-state index contributed by atoms with van der Waals surface area (Å²) in [6, 6.07) is 4.97. The molecule has 1 aromatic carbocycles. The summed E-state index contributed by atoms with van der Waals surface area (Å²) in [5, 5.41) is 10.6. The Balaban J connectivity index is 0.00000420. The van der Waals surface area contributed by atoms with E-state index in [1.54, 1.807) is 6.07 Å². The molecule has 158 valence electrons.